The summed E-state index contributed by atoms with van der Waals surface area (Å²) in [5, 5.41) is 0.0349. The zero-order valence-electron chi connectivity index (χ0n) is 15.0. The van der Waals surface area contributed by atoms with Crippen LogP contribution in [0.1, 0.15) is 51.4 Å². The Morgan fingerprint density at radius 3 is 2.75 bits per heavy atom. The van der Waals surface area contributed by atoms with Crippen molar-refractivity contribution >= 4 is 28.7 Å². The van der Waals surface area contributed by atoms with Crippen molar-refractivity contribution in [2.75, 3.05) is 19.3 Å². The average molecular weight is 346 g/mol. The molecule has 0 radical (unpaired) electrons. The number of rotatable bonds is 4. The number of hydrogen-bond acceptors (Lipinski definition) is 3. The lowest BCUT2D eigenvalue weighted by molar-refractivity contribution is -0.131. The Labute approximate surface area is 148 Å². The third kappa shape index (κ3) is 3.18. The first-order valence-corrected chi connectivity index (χ1v) is 10.1. The normalized spacial score (nSPS) is 19.9. The van der Waals surface area contributed by atoms with Crippen LogP contribution in [-0.4, -0.2) is 45.0 Å². The van der Waals surface area contributed by atoms with Crippen LogP contribution in [0.25, 0.3) is 11.0 Å². The number of likely N-dealkylation sites (tertiary alicyclic amines) is 1. The van der Waals surface area contributed by atoms with Crippen LogP contribution in [0.15, 0.2) is 24.3 Å². The summed E-state index contributed by atoms with van der Waals surface area (Å²) >= 11 is 1.62. The van der Waals surface area contributed by atoms with Gasteiger partial charge < -0.3 is 9.47 Å². The van der Waals surface area contributed by atoms with E-state index in [2.05, 4.69) is 36.6 Å². The van der Waals surface area contributed by atoms with Gasteiger partial charge in [0.2, 0.25) is 5.91 Å². The number of nitrogens with zero attached hydrogens (tertiary/aromatic N) is 3. The lowest BCUT2D eigenvalue weighted by atomic mass is 9.96. The molecule has 0 bridgehead atoms. The summed E-state index contributed by atoms with van der Waals surface area (Å²) in [7, 11) is 0. The molecule has 1 aromatic heterocycles. The number of carbonyl (C=O) groups excluding carboxylic acids is 1. The molecule has 0 saturated carbocycles. The molecule has 0 unspecified atom stereocenters. The first kappa shape index (κ1) is 17.3. The van der Waals surface area contributed by atoms with Crippen LogP contribution in [0.2, 0.25) is 0 Å². The van der Waals surface area contributed by atoms with Crippen LogP contribution in [0.3, 0.4) is 0 Å². The van der Waals surface area contributed by atoms with Crippen molar-refractivity contribution in [3.63, 3.8) is 0 Å². The number of carbonyl (C=O) groups is 1. The molecule has 1 aliphatic heterocycles. The monoisotopic (exact) mass is 345 g/mol. The minimum absolute atomic E-state index is 0.0349. The van der Waals surface area contributed by atoms with Crippen LogP contribution in [0, 0.1) is 0 Å². The van der Waals surface area contributed by atoms with Crippen molar-refractivity contribution in [2.45, 2.75) is 50.8 Å². The zero-order valence-corrected chi connectivity index (χ0v) is 15.8. The number of benzene rings is 1. The fraction of sp³-hybridized carbons (Fsp3) is 0.579. The summed E-state index contributed by atoms with van der Waals surface area (Å²) in [5.74, 6) is 1.73. The molecule has 1 aliphatic rings. The lowest BCUT2D eigenvalue weighted by Crippen LogP contribution is -2.43. The Morgan fingerprint density at radius 2 is 2.04 bits per heavy atom. The Hall–Kier alpha value is -1.49. The molecule has 4 nitrogen and oxygen atoms in total. The molecule has 3 rings (SSSR count). The van der Waals surface area contributed by atoms with Gasteiger partial charge in [0, 0.05) is 25.0 Å². The van der Waals surface area contributed by atoms with Gasteiger partial charge in [-0.05, 0) is 52.0 Å². The van der Waals surface area contributed by atoms with Gasteiger partial charge in [0.15, 0.2) is 0 Å². The number of hydrogen-bond donors (Lipinski definition) is 0. The van der Waals surface area contributed by atoms with Crippen LogP contribution >= 0.6 is 11.8 Å². The number of fused-ring (bicyclic) bond motifs is 1. The van der Waals surface area contributed by atoms with Gasteiger partial charge >= 0.3 is 0 Å². The Bertz CT molecular complexity index is 724. The smallest absolute Gasteiger partial charge is 0.235 e. The molecule has 2 heterocycles. The number of piperidine rings is 1. The third-order valence-electron chi connectivity index (χ3n) is 4.94. The summed E-state index contributed by atoms with van der Waals surface area (Å²) in [6.07, 6.45) is 4.16. The summed E-state index contributed by atoms with van der Waals surface area (Å²) in [4.78, 5) is 19.6. The quantitative estimate of drug-likeness (QED) is 0.838. The second-order valence-electron chi connectivity index (χ2n) is 6.92. The Kier molecular flexibility index (Phi) is 5.18. The van der Waals surface area contributed by atoms with Crippen LogP contribution in [-0.2, 0) is 4.79 Å². The summed E-state index contributed by atoms with van der Waals surface area (Å²) in [6.45, 7) is 8.08. The molecule has 1 aromatic carbocycles. The minimum atomic E-state index is 0.0349. The molecular formula is C19H27N3OS. The van der Waals surface area contributed by atoms with E-state index in [1.165, 1.54) is 5.52 Å². The maximum Gasteiger partial charge on any atom is 0.235 e. The van der Waals surface area contributed by atoms with Gasteiger partial charge in [-0.3, -0.25) is 4.79 Å². The number of amides is 1. The summed E-state index contributed by atoms with van der Waals surface area (Å²) < 4.78 is 2.35. The van der Waals surface area contributed by atoms with E-state index >= 15 is 0 Å². The molecule has 1 fully saturated rings. The van der Waals surface area contributed by atoms with E-state index in [1.807, 2.05) is 24.1 Å². The molecular weight excluding hydrogens is 318 g/mol. The predicted molar refractivity (Wildman–Crippen MR) is 102 cm³/mol. The molecule has 2 atom stereocenters. The minimum Gasteiger partial charge on any atom is -0.341 e. The first-order chi connectivity index (χ1) is 11.5. The van der Waals surface area contributed by atoms with Gasteiger partial charge in [-0.25, -0.2) is 4.98 Å². The standard InChI is InChI=1S/C19H27N3OS/c1-13(2)22-17-10-6-5-9-16(17)20-18(22)15-8-7-11-21(12-15)19(23)14(3)24-4/h5-6,9-10,13-15H,7-8,11-12H2,1-4H3/t14-,15+/m0/s1. The van der Waals surface area contributed by atoms with Crippen molar-refractivity contribution in [3.8, 4) is 0 Å². The third-order valence-corrected chi connectivity index (χ3v) is 5.85. The van der Waals surface area contributed by atoms with Gasteiger partial charge in [0.25, 0.3) is 0 Å². The fourth-order valence-electron chi connectivity index (χ4n) is 3.64. The predicted octanol–water partition coefficient (Wildman–Crippen LogP) is 4.07. The van der Waals surface area contributed by atoms with E-state index in [1.54, 1.807) is 11.8 Å². The van der Waals surface area contributed by atoms with Crippen molar-refractivity contribution < 1.29 is 4.79 Å². The number of imidazole rings is 1. The van der Waals surface area contributed by atoms with E-state index in [0.29, 0.717) is 12.0 Å². The van der Waals surface area contributed by atoms with Crippen LogP contribution in [0.4, 0.5) is 0 Å². The van der Waals surface area contributed by atoms with Gasteiger partial charge in [0.1, 0.15) is 5.82 Å². The van der Waals surface area contributed by atoms with Gasteiger partial charge in [-0.15, -0.1) is 0 Å². The first-order valence-electron chi connectivity index (χ1n) is 8.81. The Morgan fingerprint density at radius 1 is 1.29 bits per heavy atom. The molecule has 1 saturated heterocycles. The molecule has 0 aliphatic carbocycles. The fourth-order valence-corrected chi connectivity index (χ4v) is 3.99. The highest BCUT2D eigenvalue weighted by molar-refractivity contribution is 7.99. The topological polar surface area (TPSA) is 38.1 Å². The number of aromatic nitrogens is 2. The molecule has 0 N–H and O–H groups in total. The van der Waals surface area contributed by atoms with Crippen molar-refractivity contribution in [1.82, 2.24) is 14.5 Å². The van der Waals surface area contributed by atoms with Gasteiger partial charge in [-0.1, -0.05) is 12.1 Å². The van der Waals surface area contributed by atoms with Crippen LogP contribution < -0.4 is 0 Å². The highest BCUT2D eigenvalue weighted by atomic mass is 32.2. The lowest BCUT2D eigenvalue weighted by Gasteiger charge is -2.34. The second kappa shape index (κ2) is 7.18. The molecule has 0 spiro atoms. The van der Waals surface area contributed by atoms with Gasteiger partial charge in [0.05, 0.1) is 16.3 Å². The van der Waals surface area contributed by atoms with Crippen LogP contribution in [0.5, 0.6) is 0 Å². The van der Waals surface area contributed by atoms with Crippen molar-refractivity contribution in [3.05, 3.63) is 30.1 Å². The number of para-hydroxylation sites is 2. The van der Waals surface area contributed by atoms with E-state index in [9.17, 15) is 4.79 Å². The zero-order chi connectivity index (χ0) is 17.3. The maximum absolute atomic E-state index is 12.6. The second-order valence-corrected chi connectivity index (χ2v) is 8.10. The maximum atomic E-state index is 12.6. The van der Waals surface area contributed by atoms with E-state index in [4.69, 9.17) is 4.98 Å². The average Bonchev–Trinajstić information content (AvgIpc) is 3.00. The van der Waals surface area contributed by atoms with E-state index < -0.39 is 0 Å². The number of thioether (sulfide) groups is 1. The summed E-state index contributed by atoms with van der Waals surface area (Å²) in [6, 6.07) is 8.71. The Balaban J connectivity index is 1.92. The summed E-state index contributed by atoms with van der Waals surface area (Å²) in [5.41, 5.74) is 2.26. The van der Waals surface area contributed by atoms with Crippen molar-refractivity contribution in [2.24, 2.45) is 0 Å². The molecule has 5 heteroatoms. The van der Waals surface area contributed by atoms with Crippen molar-refractivity contribution in [1.29, 1.82) is 0 Å². The largest absolute Gasteiger partial charge is 0.341 e. The van der Waals surface area contributed by atoms with Gasteiger partial charge in [-0.2, -0.15) is 11.8 Å². The molecule has 24 heavy (non-hydrogen) atoms. The highest BCUT2D eigenvalue weighted by Gasteiger charge is 2.30. The molecule has 2 aromatic rings. The van der Waals surface area contributed by atoms with E-state index in [0.717, 1.165) is 37.3 Å². The van der Waals surface area contributed by atoms with E-state index in [-0.39, 0.29) is 11.2 Å². The highest BCUT2D eigenvalue weighted by Crippen LogP contribution is 2.32. The molecule has 130 valence electrons. The SMILES string of the molecule is CS[C@@H](C)C(=O)N1CCC[C@@H](c2nc3ccccc3n2C(C)C)C1. The molecule has 1 amide bonds.